The zero-order valence-electron chi connectivity index (χ0n) is 12.3. The molecule has 1 aromatic heterocycles. The minimum atomic E-state index is -0.706. The summed E-state index contributed by atoms with van der Waals surface area (Å²) in [6.45, 7) is 0. The van der Waals surface area contributed by atoms with Crippen molar-refractivity contribution in [2.75, 3.05) is 0 Å². The molecular formula is C17H15N3O3. The van der Waals surface area contributed by atoms with Crippen LogP contribution in [0.2, 0.25) is 0 Å². The second-order valence-corrected chi connectivity index (χ2v) is 5.25. The Morgan fingerprint density at radius 3 is 2.61 bits per heavy atom. The summed E-state index contributed by atoms with van der Waals surface area (Å²) in [6, 6.07) is 14.0. The summed E-state index contributed by atoms with van der Waals surface area (Å²) >= 11 is 0. The van der Waals surface area contributed by atoms with Crippen LogP contribution in [0, 0.1) is 0 Å². The highest BCUT2D eigenvalue weighted by Gasteiger charge is 2.28. The van der Waals surface area contributed by atoms with E-state index in [0.29, 0.717) is 12.1 Å². The number of hydrogen-bond acceptors (Lipinski definition) is 4. The van der Waals surface area contributed by atoms with Gasteiger partial charge in [-0.1, -0.05) is 36.4 Å². The molecule has 0 radical (unpaired) electrons. The molecule has 3 rings (SSSR count). The largest absolute Gasteiger partial charge is 0.339 e. The Labute approximate surface area is 132 Å². The van der Waals surface area contributed by atoms with Crippen LogP contribution < -0.4 is 10.6 Å². The number of imide groups is 1. The number of benzene rings is 1. The van der Waals surface area contributed by atoms with E-state index in [1.54, 1.807) is 12.1 Å². The van der Waals surface area contributed by atoms with Gasteiger partial charge in [0.05, 0.1) is 5.69 Å². The van der Waals surface area contributed by atoms with Gasteiger partial charge >= 0.3 is 0 Å². The Morgan fingerprint density at radius 1 is 1.09 bits per heavy atom. The number of nitrogens with zero attached hydrogens (tertiary/aromatic N) is 1. The van der Waals surface area contributed by atoms with Crippen LogP contribution >= 0.6 is 0 Å². The summed E-state index contributed by atoms with van der Waals surface area (Å²) in [7, 11) is 0. The van der Waals surface area contributed by atoms with Gasteiger partial charge < -0.3 is 5.32 Å². The molecule has 0 bridgehead atoms. The maximum absolute atomic E-state index is 12.3. The van der Waals surface area contributed by atoms with Crippen molar-refractivity contribution in [3.8, 4) is 11.3 Å². The molecule has 6 heteroatoms. The Bertz CT molecular complexity index is 759. The van der Waals surface area contributed by atoms with Crippen molar-refractivity contribution in [3.63, 3.8) is 0 Å². The molecule has 1 aliphatic heterocycles. The van der Waals surface area contributed by atoms with Crippen LogP contribution in [0.25, 0.3) is 11.3 Å². The highest BCUT2D eigenvalue weighted by atomic mass is 16.2. The molecule has 2 aromatic rings. The maximum atomic E-state index is 12.3. The van der Waals surface area contributed by atoms with Gasteiger partial charge in [0, 0.05) is 12.0 Å². The first-order chi connectivity index (χ1) is 11.1. The zero-order chi connectivity index (χ0) is 16.2. The van der Waals surface area contributed by atoms with E-state index in [-0.39, 0.29) is 18.0 Å². The molecule has 1 fully saturated rings. The summed E-state index contributed by atoms with van der Waals surface area (Å²) in [5.41, 5.74) is 1.82. The molecule has 23 heavy (non-hydrogen) atoms. The lowest BCUT2D eigenvalue weighted by molar-refractivity contribution is -0.134. The minimum absolute atomic E-state index is 0.216. The minimum Gasteiger partial charge on any atom is -0.339 e. The fourth-order valence-corrected chi connectivity index (χ4v) is 2.39. The quantitative estimate of drug-likeness (QED) is 0.836. The topological polar surface area (TPSA) is 88.2 Å². The van der Waals surface area contributed by atoms with Gasteiger partial charge in [0.25, 0.3) is 5.91 Å². The second-order valence-electron chi connectivity index (χ2n) is 5.25. The molecule has 0 saturated carbocycles. The number of rotatable bonds is 3. The van der Waals surface area contributed by atoms with Crippen LogP contribution in [-0.4, -0.2) is 28.7 Å². The summed E-state index contributed by atoms with van der Waals surface area (Å²) < 4.78 is 0. The monoisotopic (exact) mass is 309 g/mol. The summed E-state index contributed by atoms with van der Waals surface area (Å²) in [4.78, 5) is 39.4. The number of carbonyl (C=O) groups is 3. The summed E-state index contributed by atoms with van der Waals surface area (Å²) in [5, 5.41) is 4.83. The second kappa shape index (κ2) is 6.39. The Morgan fingerprint density at radius 2 is 1.87 bits per heavy atom. The van der Waals surface area contributed by atoms with E-state index in [1.807, 2.05) is 36.4 Å². The fourth-order valence-electron chi connectivity index (χ4n) is 2.39. The molecule has 1 atom stereocenters. The van der Waals surface area contributed by atoms with E-state index < -0.39 is 17.9 Å². The van der Waals surface area contributed by atoms with E-state index in [1.165, 1.54) is 0 Å². The first kappa shape index (κ1) is 14.9. The van der Waals surface area contributed by atoms with E-state index in [2.05, 4.69) is 15.6 Å². The number of pyridine rings is 1. The predicted octanol–water partition coefficient (Wildman–Crippen LogP) is 1.28. The van der Waals surface area contributed by atoms with Crippen molar-refractivity contribution in [2.24, 2.45) is 0 Å². The van der Waals surface area contributed by atoms with Crippen LogP contribution in [0.1, 0.15) is 23.3 Å². The lowest BCUT2D eigenvalue weighted by Gasteiger charge is -2.21. The highest BCUT2D eigenvalue weighted by molar-refractivity contribution is 6.03. The smallest absolute Gasteiger partial charge is 0.270 e. The van der Waals surface area contributed by atoms with E-state index in [0.717, 1.165) is 5.56 Å². The Hall–Kier alpha value is -3.02. The molecule has 1 saturated heterocycles. The molecule has 0 spiro atoms. The number of piperidine rings is 1. The fraction of sp³-hybridized carbons (Fsp3) is 0.176. The summed E-state index contributed by atoms with van der Waals surface area (Å²) in [6.07, 6.45) is 0.517. The van der Waals surface area contributed by atoms with E-state index in [4.69, 9.17) is 0 Å². The van der Waals surface area contributed by atoms with Crippen LogP contribution in [-0.2, 0) is 9.59 Å². The molecule has 1 aliphatic rings. The molecule has 2 heterocycles. The van der Waals surface area contributed by atoms with Gasteiger partial charge in [-0.25, -0.2) is 4.98 Å². The number of aromatic nitrogens is 1. The molecule has 0 aliphatic carbocycles. The predicted molar refractivity (Wildman–Crippen MR) is 83.3 cm³/mol. The average Bonchev–Trinajstić information content (AvgIpc) is 2.58. The average molecular weight is 309 g/mol. The normalized spacial score (nSPS) is 17.5. The van der Waals surface area contributed by atoms with Crippen molar-refractivity contribution >= 4 is 17.7 Å². The number of carbonyl (C=O) groups excluding carboxylic acids is 3. The van der Waals surface area contributed by atoms with Crippen molar-refractivity contribution in [1.29, 1.82) is 0 Å². The third-order valence-electron chi connectivity index (χ3n) is 3.60. The van der Waals surface area contributed by atoms with Gasteiger partial charge in [-0.3, -0.25) is 19.7 Å². The molecule has 6 nitrogen and oxygen atoms in total. The van der Waals surface area contributed by atoms with Gasteiger partial charge in [-0.15, -0.1) is 0 Å². The van der Waals surface area contributed by atoms with Crippen molar-refractivity contribution in [1.82, 2.24) is 15.6 Å². The lowest BCUT2D eigenvalue weighted by Crippen LogP contribution is -2.52. The Balaban J connectivity index is 1.75. The molecule has 2 N–H and O–H groups in total. The third kappa shape index (κ3) is 3.42. The van der Waals surface area contributed by atoms with Crippen LogP contribution in [0.3, 0.4) is 0 Å². The van der Waals surface area contributed by atoms with Gasteiger partial charge in [0.15, 0.2) is 0 Å². The molecule has 116 valence electrons. The highest BCUT2D eigenvalue weighted by Crippen LogP contribution is 2.16. The van der Waals surface area contributed by atoms with Crippen LogP contribution in [0.4, 0.5) is 0 Å². The van der Waals surface area contributed by atoms with Gasteiger partial charge in [-0.2, -0.15) is 0 Å². The number of amides is 3. The van der Waals surface area contributed by atoms with Crippen LogP contribution in [0.15, 0.2) is 48.5 Å². The van der Waals surface area contributed by atoms with Gasteiger partial charge in [0.1, 0.15) is 11.7 Å². The molecular weight excluding hydrogens is 294 g/mol. The molecule has 3 amide bonds. The SMILES string of the molecule is O=C1CCC(NC(=O)c2cccc(-c3ccccc3)n2)C(=O)N1. The maximum Gasteiger partial charge on any atom is 0.270 e. The zero-order valence-corrected chi connectivity index (χ0v) is 12.3. The molecule has 1 unspecified atom stereocenters. The number of hydrogen-bond donors (Lipinski definition) is 2. The van der Waals surface area contributed by atoms with Crippen LogP contribution in [0.5, 0.6) is 0 Å². The third-order valence-corrected chi connectivity index (χ3v) is 3.60. The van der Waals surface area contributed by atoms with Crippen molar-refractivity contribution in [2.45, 2.75) is 18.9 Å². The first-order valence-corrected chi connectivity index (χ1v) is 7.30. The van der Waals surface area contributed by atoms with E-state index in [9.17, 15) is 14.4 Å². The van der Waals surface area contributed by atoms with Gasteiger partial charge in [-0.05, 0) is 18.6 Å². The number of nitrogens with one attached hydrogen (secondary N) is 2. The first-order valence-electron chi connectivity index (χ1n) is 7.30. The standard InChI is InChI=1S/C17H15N3O3/c21-15-10-9-14(17(23)20-15)19-16(22)13-8-4-7-12(18-13)11-5-2-1-3-6-11/h1-8,14H,9-10H2,(H,19,22)(H,20,21,23). The summed E-state index contributed by atoms with van der Waals surface area (Å²) in [5.74, 6) is -1.23. The van der Waals surface area contributed by atoms with Crippen molar-refractivity contribution < 1.29 is 14.4 Å². The van der Waals surface area contributed by atoms with Crippen molar-refractivity contribution in [3.05, 3.63) is 54.2 Å². The lowest BCUT2D eigenvalue weighted by atomic mass is 10.1. The Kier molecular flexibility index (Phi) is 4.14. The van der Waals surface area contributed by atoms with Gasteiger partial charge in [0.2, 0.25) is 11.8 Å². The van der Waals surface area contributed by atoms with E-state index >= 15 is 0 Å². The molecule has 1 aromatic carbocycles.